The van der Waals surface area contributed by atoms with Gasteiger partial charge in [0, 0.05) is 11.0 Å². The van der Waals surface area contributed by atoms with E-state index in [1.807, 2.05) is 0 Å². The molecule has 8 heteroatoms. The van der Waals surface area contributed by atoms with Crippen LogP contribution in [0.1, 0.15) is 10.4 Å². The van der Waals surface area contributed by atoms with E-state index >= 15 is 0 Å². The van der Waals surface area contributed by atoms with Crippen molar-refractivity contribution < 1.29 is 9.18 Å². The lowest BCUT2D eigenvalue weighted by Gasteiger charge is -2.05. The fraction of sp³-hybridized carbons (Fsp3) is 0.200. The van der Waals surface area contributed by atoms with Crippen LogP contribution < -0.4 is 5.32 Å². The van der Waals surface area contributed by atoms with Gasteiger partial charge in [-0.3, -0.25) is 4.79 Å². The molecule has 0 spiro atoms. The summed E-state index contributed by atoms with van der Waals surface area (Å²) in [5.74, 6) is -1.04. The summed E-state index contributed by atoms with van der Waals surface area (Å²) in [5, 5.41) is 13.5. The quantitative estimate of drug-likeness (QED) is 0.914. The minimum Gasteiger partial charge on any atom is -0.350 e. The maximum absolute atomic E-state index is 13.5. The van der Waals surface area contributed by atoms with Gasteiger partial charge in [-0.05, 0) is 23.4 Å². The summed E-state index contributed by atoms with van der Waals surface area (Å²) in [5.41, 5.74) is 0.00440. The molecule has 1 amide bonds. The number of amides is 1. The predicted molar refractivity (Wildman–Crippen MR) is 64.3 cm³/mol. The Balaban J connectivity index is 1.91. The van der Waals surface area contributed by atoms with Gasteiger partial charge in [-0.15, -0.1) is 10.2 Å². The molecule has 0 aliphatic rings. The number of tetrazole rings is 1. The highest BCUT2D eigenvalue weighted by molar-refractivity contribution is 9.10. The number of nitrogens with one attached hydrogen (secondary N) is 1. The minimum atomic E-state index is -0.569. The number of benzene rings is 1. The molecular formula is C10H9BrFN5O. The summed E-state index contributed by atoms with van der Waals surface area (Å²) in [6, 6.07) is 4.27. The summed E-state index contributed by atoms with van der Waals surface area (Å²) < 4.78 is 14.1. The normalized spacial score (nSPS) is 10.3. The van der Waals surface area contributed by atoms with Crippen LogP contribution in [-0.4, -0.2) is 32.7 Å². The van der Waals surface area contributed by atoms with Crippen molar-refractivity contribution in [3.05, 3.63) is 40.4 Å². The number of rotatable bonds is 4. The largest absolute Gasteiger partial charge is 0.350 e. The zero-order valence-electron chi connectivity index (χ0n) is 9.18. The van der Waals surface area contributed by atoms with Crippen LogP contribution in [0.25, 0.3) is 0 Å². The van der Waals surface area contributed by atoms with E-state index in [0.29, 0.717) is 17.6 Å². The van der Waals surface area contributed by atoms with Gasteiger partial charge in [0.25, 0.3) is 5.91 Å². The number of carbonyl (C=O) groups is 1. The Bertz CT molecular complexity index is 545. The van der Waals surface area contributed by atoms with E-state index in [1.165, 1.54) is 23.3 Å². The molecule has 1 aromatic carbocycles. The van der Waals surface area contributed by atoms with Crippen molar-refractivity contribution in [1.82, 2.24) is 25.5 Å². The number of hydrogen-bond donors (Lipinski definition) is 1. The maximum Gasteiger partial charge on any atom is 0.254 e. The van der Waals surface area contributed by atoms with Gasteiger partial charge in [0.05, 0.1) is 12.1 Å². The van der Waals surface area contributed by atoms with Gasteiger partial charge in [-0.1, -0.05) is 15.9 Å². The van der Waals surface area contributed by atoms with E-state index in [-0.39, 0.29) is 5.56 Å². The lowest BCUT2D eigenvalue weighted by molar-refractivity contribution is 0.0947. The zero-order valence-corrected chi connectivity index (χ0v) is 10.8. The van der Waals surface area contributed by atoms with Crippen molar-refractivity contribution >= 4 is 21.8 Å². The molecule has 0 aliphatic carbocycles. The van der Waals surface area contributed by atoms with Gasteiger partial charge in [0.2, 0.25) is 0 Å². The molecule has 1 N–H and O–H groups in total. The van der Waals surface area contributed by atoms with Crippen LogP contribution in [-0.2, 0) is 6.54 Å². The van der Waals surface area contributed by atoms with E-state index in [0.717, 1.165) is 0 Å². The Morgan fingerprint density at radius 2 is 2.33 bits per heavy atom. The fourth-order valence-electron chi connectivity index (χ4n) is 1.33. The Labute approximate surface area is 110 Å². The van der Waals surface area contributed by atoms with Crippen LogP contribution in [0.2, 0.25) is 0 Å². The van der Waals surface area contributed by atoms with Crippen molar-refractivity contribution in [2.75, 3.05) is 6.54 Å². The Kier molecular flexibility index (Phi) is 3.98. The smallest absolute Gasteiger partial charge is 0.254 e. The number of aromatic nitrogens is 4. The second-order valence-corrected chi connectivity index (χ2v) is 4.33. The molecule has 2 rings (SSSR count). The molecule has 18 heavy (non-hydrogen) atoms. The molecule has 0 saturated carbocycles. The van der Waals surface area contributed by atoms with Crippen molar-refractivity contribution in [2.24, 2.45) is 0 Å². The van der Waals surface area contributed by atoms with Crippen LogP contribution in [0, 0.1) is 5.82 Å². The standard InChI is InChI=1S/C10H9BrFN5O/c11-7-1-2-8(9(12)5-7)10(18)13-3-4-17-15-6-14-16-17/h1-2,5-6H,3-4H2,(H,13,18). The second-order valence-electron chi connectivity index (χ2n) is 3.41. The first kappa shape index (κ1) is 12.6. The third-order valence-electron chi connectivity index (χ3n) is 2.16. The van der Waals surface area contributed by atoms with Crippen LogP contribution >= 0.6 is 15.9 Å². The molecule has 0 unspecified atom stereocenters. The number of hydrogen-bond acceptors (Lipinski definition) is 4. The third-order valence-corrected chi connectivity index (χ3v) is 2.66. The first-order chi connectivity index (χ1) is 8.66. The second kappa shape index (κ2) is 5.67. The summed E-state index contributed by atoms with van der Waals surface area (Å²) in [6.45, 7) is 0.675. The summed E-state index contributed by atoms with van der Waals surface area (Å²) in [4.78, 5) is 13.0. The van der Waals surface area contributed by atoms with Crippen LogP contribution in [0.3, 0.4) is 0 Å². The van der Waals surface area contributed by atoms with Crippen molar-refractivity contribution in [2.45, 2.75) is 6.54 Å². The molecule has 0 atom stereocenters. The summed E-state index contributed by atoms with van der Waals surface area (Å²) in [6.07, 6.45) is 1.30. The van der Waals surface area contributed by atoms with Gasteiger partial charge in [0.15, 0.2) is 6.33 Å². The van der Waals surface area contributed by atoms with E-state index in [9.17, 15) is 9.18 Å². The fourth-order valence-corrected chi connectivity index (χ4v) is 1.66. The molecule has 6 nitrogen and oxygen atoms in total. The monoisotopic (exact) mass is 313 g/mol. The van der Waals surface area contributed by atoms with Gasteiger partial charge in [-0.2, -0.15) is 4.80 Å². The van der Waals surface area contributed by atoms with Crippen molar-refractivity contribution in [3.63, 3.8) is 0 Å². The van der Waals surface area contributed by atoms with E-state index in [2.05, 4.69) is 36.7 Å². The Hall–Kier alpha value is -1.83. The minimum absolute atomic E-state index is 0.00440. The molecule has 0 aliphatic heterocycles. The van der Waals surface area contributed by atoms with Crippen molar-refractivity contribution in [1.29, 1.82) is 0 Å². The van der Waals surface area contributed by atoms with Gasteiger partial charge in [-0.25, -0.2) is 4.39 Å². The Morgan fingerprint density at radius 3 is 3.00 bits per heavy atom. The van der Waals surface area contributed by atoms with Gasteiger partial charge in [0.1, 0.15) is 5.82 Å². The molecule has 0 bridgehead atoms. The van der Waals surface area contributed by atoms with Crippen LogP contribution in [0.15, 0.2) is 29.0 Å². The Morgan fingerprint density at radius 1 is 1.50 bits per heavy atom. The third kappa shape index (κ3) is 3.10. The summed E-state index contributed by atoms with van der Waals surface area (Å²) in [7, 11) is 0. The maximum atomic E-state index is 13.5. The van der Waals surface area contributed by atoms with Crippen LogP contribution in [0.5, 0.6) is 0 Å². The number of nitrogens with zero attached hydrogens (tertiary/aromatic N) is 4. The average Bonchev–Trinajstić information content (AvgIpc) is 2.81. The van der Waals surface area contributed by atoms with Gasteiger partial charge < -0.3 is 5.32 Å². The lowest BCUT2D eigenvalue weighted by Crippen LogP contribution is -2.28. The molecule has 0 saturated heterocycles. The molecule has 2 aromatic rings. The first-order valence-electron chi connectivity index (χ1n) is 5.11. The van der Waals surface area contributed by atoms with Gasteiger partial charge >= 0.3 is 0 Å². The van der Waals surface area contributed by atoms with Crippen molar-refractivity contribution in [3.8, 4) is 0 Å². The molecule has 1 heterocycles. The molecule has 1 aromatic heterocycles. The molecule has 0 fully saturated rings. The summed E-state index contributed by atoms with van der Waals surface area (Å²) >= 11 is 3.13. The first-order valence-corrected chi connectivity index (χ1v) is 5.90. The lowest BCUT2D eigenvalue weighted by atomic mass is 10.2. The number of halogens is 2. The van der Waals surface area contributed by atoms with Crippen LogP contribution in [0.4, 0.5) is 4.39 Å². The van der Waals surface area contributed by atoms with E-state index in [4.69, 9.17) is 0 Å². The average molecular weight is 314 g/mol. The highest BCUT2D eigenvalue weighted by atomic mass is 79.9. The topological polar surface area (TPSA) is 72.7 Å². The molecular weight excluding hydrogens is 305 g/mol. The highest BCUT2D eigenvalue weighted by Gasteiger charge is 2.11. The van der Waals surface area contributed by atoms with E-state index < -0.39 is 11.7 Å². The number of carbonyl (C=O) groups excluding carboxylic acids is 1. The molecule has 0 radical (unpaired) electrons. The van der Waals surface area contributed by atoms with E-state index in [1.54, 1.807) is 6.07 Å². The highest BCUT2D eigenvalue weighted by Crippen LogP contribution is 2.14. The predicted octanol–water partition coefficient (Wildman–Crippen LogP) is 1.00. The SMILES string of the molecule is O=C(NCCn1ncnn1)c1ccc(Br)cc1F. The zero-order chi connectivity index (χ0) is 13.0. The molecule has 94 valence electrons.